The summed E-state index contributed by atoms with van der Waals surface area (Å²) in [6.45, 7) is 0.174. The number of halogens is 2. The fourth-order valence-corrected chi connectivity index (χ4v) is 2.37. The third-order valence-electron chi connectivity index (χ3n) is 2.99. The fraction of sp³-hybridized carbons (Fsp3) is 0.133. The Morgan fingerprint density at radius 3 is 2.76 bits per heavy atom. The van der Waals surface area contributed by atoms with E-state index in [-0.39, 0.29) is 12.5 Å². The summed E-state index contributed by atoms with van der Waals surface area (Å²) in [5.74, 6) is 0.939. The average molecular weight is 369 g/mol. The predicted octanol–water partition coefficient (Wildman–Crippen LogP) is 3.88. The van der Waals surface area contributed by atoms with E-state index in [1.165, 1.54) is 0 Å². The minimum Gasteiger partial charge on any atom is -0.485 e. The van der Waals surface area contributed by atoms with Crippen LogP contribution in [-0.2, 0) is 4.79 Å². The quantitative estimate of drug-likeness (QED) is 0.875. The van der Waals surface area contributed by atoms with Crippen LogP contribution in [-0.4, -0.2) is 18.6 Å². The van der Waals surface area contributed by atoms with E-state index in [0.29, 0.717) is 22.2 Å². The first-order valence-electron chi connectivity index (χ1n) is 6.28. The molecule has 1 atom stereocenters. The van der Waals surface area contributed by atoms with Gasteiger partial charge in [-0.25, -0.2) is 0 Å². The predicted molar refractivity (Wildman–Crippen MR) is 84.1 cm³/mol. The first-order valence-corrected chi connectivity index (χ1v) is 7.45. The van der Waals surface area contributed by atoms with Gasteiger partial charge in [0.15, 0.2) is 11.5 Å². The van der Waals surface area contributed by atoms with Crippen molar-refractivity contribution in [2.24, 2.45) is 0 Å². The molecule has 1 amide bonds. The van der Waals surface area contributed by atoms with Gasteiger partial charge >= 0.3 is 0 Å². The minimum absolute atomic E-state index is 0.174. The maximum absolute atomic E-state index is 12.2. The summed E-state index contributed by atoms with van der Waals surface area (Å²) in [6, 6.07) is 12.4. The highest BCUT2D eigenvalue weighted by Crippen LogP contribution is 2.31. The third-order valence-corrected chi connectivity index (χ3v) is 4.22. The monoisotopic (exact) mass is 367 g/mol. The Kier molecular flexibility index (Phi) is 4.03. The number of amides is 1. The molecular formula is C15H11BrClNO3. The molecule has 1 aliphatic rings. The lowest BCUT2D eigenvalue weighted by Gasteiger charge is -2.25. The zero-order valence-corrected chi connectivity index (χ0v) is 13.1. The highest BCUT2D eigenvalue weighted by Gasteiger charge is 2.27. The van der Waals surface area contributed by atoms with Crippen LogP contribution in [0.25, 0.3) is 0 Å². The Hall–Kier alpha value is -1.72. The van der Waals surface area contributed by atoms with Crippen molar-refractivity contribution in [3.05, 3.63) is 52.0 Å². The van der Waals surface area contributed by atoms with Gasteiger partial charge in [-0.1, -0.05) is 23.7 Å². The molecular weight excluding hydrogens is 358 g/mol. The molecule has 0 spiro atoms. The molecule has 0 radical (unpaired) electrons. The van der Waals surface area contributed by atoms with Crippen molar-refractivity contribution >= 4 is 39.1 Å². The van der Waals surface area contributed by atoms with Crippen molar-refractivity contribution in [3.8, 4) is 11.5 Å². The van der Waals surface area contributed by atoms with Gasteiger partial charge in [-0.15, -0.1) is 0 Å². The molecule has 0 aromatic heterocycles. The van der Waals surface area contributed by atoms with E-state index in [9.17, 15) is 4.79 Å². The minimum atomic E-state index is -0.692. The second-order valence-electron chi connectivity index (χ2n) is 4.48. The molecule has 1 aliphatic heterocycles. The molecule has 1 heterocycles. The third kappa shape index (κ3) is 3.14. The first kappa shape index (κ1) is 14.2. The van der Waals surface area contributed by atoms with Crippen molar-refractivity contribution in [1.82, 2.24) is 0 Å². The lowest BCUT2D eigenvalue weighted by atomic mass is 10.2. The maximum Gasteiger partial charge on any atom is 0.269 e. The molecule has 108 valence electrons. The Morgan fingerprint density at radius 2 is 2.00 bits per heavy atom. The molecule has 0 bridgehead atoms. The summed E-state index contributed by atoms with van der Waals surface area (Å²) < 4.78 is 11.9. The number of anilines is 1. The number of rotatable bonds is 2. The molecule has 2 aromatic rings. The number of carbonyl (C=O) groups excluding carboxylic acids is 1. The van der Waals surface area contributed by atoms with Gasteiger partial charge in [0.2, 0.25) is 6.10 Å². The molecule has 6 heteroatoms. The Morgan fingerprint density at radius 1 is 1.24 bits per heavy atom. The Balaban J connectivity index is 1.70. The molecule has 4 nitrogen and oxygen atoms in total. The van der Waals surface area contributed by atoms with Crippen LogP contribution in [0.4, 0.5) is 5.69 Å². The Labute approximate surface area is 135 Å². The summed E-state index contributed by atoms with van der Waals surface area (Å²) in [5.41, 5.74) is 0.607. The normalized spacial score (nSPS) is 16.4. The van der Waals surface area contributed by atoms with E-state index in [0.717, 1.165) is 4.47 Å². The summed E-state index contributed by atoms with van der Waals surface area (Å²) in [4.78, 5) is 12.2. The van der Waals surface area contributed by atoms with E-state index in [4.69, 9.17) is 21.1 Å². The van der Waals surface area contributed by atoms with Crippen molar-refractivity contribution in [2.75, 3.05) is 11.9 Å². The molecule has 3 rings (SSSR count). The summed E-state index contributed by atoms with van der Waals surface area (Å²) in [6.07, 6.45) is -0.692. The highest BCUT2D eigenvalue weighted by molar-refractivity contribution is 9.10. The van der Waals surface area contributed by atoms with Crippen LogP contribution < -0.4 is 14.8 Å². The molecule has 1 unspecified atom stereocenters. The van der Waals surface area contributed by atoms with Crippen LogP contribution in [0.3, 0.4) is 0 Å². The number of nitrogens with one attached hydrogen (secondary N) is 1. The van der Waals surface area contributed by atoms with E-state index < -0.39 is 6.10 Å². The molecule has 21 heavy (non-hydrogen) atoms. The number of hydrogen-bond acceptors (Lipinski definition) is 3. The summed E-state index contributed by atoms with van der Waals surface area (Å²) in [7, 11) is 0. The molecule has 0 fully saturated rings. The van der Waals surface area contributed by atoms with Crippen molar-refractivity contribution in [3.63, 3.8) is 0 Å². The number of ether oxygens (including phenoxy) is 2. The standard InChI is InChI=1S/C15H11BrClNO3/c16-10-6-5-9(7-11(10)17)18-15(19)14-8-20-12-3-1-2-4-13(12)21-14/h1-7,14H,8H2,(H,18,19). The van der Waals surface area contributed by atoms with Gasteiger partial charge in [0, 0.05) is 10.2 Å². The molecule has 0 saturated carbocycles. The average Bonchev–Trinajstić information content (AvgIpc) is 2.50. The smallest absolute Gasteiger partial charge is 0.269 e. The molecule has 2 aromatic carbocycles. The van der Waals surface area contributed by atoms with Crippen LogP contribution in [0.5, 0.6) is 11.5 Å². The zero-order valence-electron chi connectivity index (χ0n) is 10.8. The molecule has 1 N–H and O–H groups in total. The molecule has 0 aliphatic carbocycles. The van der Waals surface area contributed by atoms with Gasteiger partial charge in [0.05, 0.1) is 5.02 Å². The van der Waals surface area contributed by atoms with Gasteiger partial charge in [0.25, 0.3) is 5.91 Å². The SMILES string of the molecule is O=C(Nc1ccc(Br)c(Cl)c1)C1COc2ccccc2O1. The highest BCUT2D eigenvalue weighted by atomic mass is 79.9. The van der Waals surface area contributed by atoms with Gasteiger partial charge in [-0.05, 0) is 46.3 Å². The van der Waals surface area contributed by atoms with Crippen LogP contribution in [0, 0.1) is 0 Å². The van der Waals surface area contributed by atoms with Gasteiger partial charge in [0.1, 0.15) is 6.61 Å². The topological polar surface area (TPSA) is 47.6 Å². The number of carbonyl (C=O) groups is 1. The van der Waals surface area contributed by atoms with Gasteiger partial charge < -0.3 is 14.8 Å². The summed E-state index contributed by atoms with van der Waals surface area (Å²) >= 11 is 9.30. The largest absolute Gasteiger partial charge is 0.485 e. The zero-order chi connectivity index (χ0) is 14.8. The second kappa shape index (κ2) is 5.95. The Bertz CT molecular complexity index is 692. The van der Waals surface area contributed by atoms with Crippen LogP contribution >= 0.6 is 27.5 Å². The number of fused-ring (bicyclic) bond motifs is 1. The molecule has 0 saturated heterocycles. The lowest BCUT2D eigenvalue weighted by Crippen LogP contribution is -2.40. The fourth-order valence-electron chi connectivity index (χ4n) is 1.95. The number of para-hydroxylation sites is 2. The number of hydrogen-bond donors (Lipinski definition) is 1. The van der Waals surface area contributed by atoms with Crippen molar-refractivity contribution < 1.29 is 14.3 Å². The maximum atomic E-state index is 12.2. The van der Waals surface area contributed by atoms with Crippen LogP contribution in [0.2, 0.25) is 5.02 Å². The van der Waals surface area contributed by atoms with E-state index >= 15 is 0 Å². The summed E-state index contributed by atoms with van der Waals surface area (Å²) in [5, 5.41) is 3.29. The van der Waals surface area contributed by atoms with Crippen LogP contribution in [0.15, 0.2) is 46.9 Å². The van der Waals surface area contributed by atoms with Crippen LogP contribution in [0.1, 0.15) is 0 Å². The van der Waals surface area contributed by atoms with E-state index in [2.05, 4.69) is 21.2 Å². The first-order chi connectivity index (χ1) is 10.1. The second-order valence-corrected chi connectivity index (χ2v) is 5.74. The van der Waals surface area contributed by atoms with Gasteiger partial charge in [-0.3, -0.25) is 4.79 Å². The van der Waals surface area contributed by atoms with Crippen molar-refractivity contribution in [2.45, 2.75) is 6.10 Å². The van der Waals surface area contributed by atoms with E-state index in [1.807, 2.05) is 12.1 Å². The number of benzene rings is 2. The lowest BCUT2D eigenvalue weighted by molar-refractivity contribution is -0.125. The van der Waals surface area contributed by atoms with E-state index in [1.54, 1.807) is 30.3 Å². The van der Waals surface area contributed by atoms with Gasteiger partial charge in [-0.2, -0.15) is 0 Å². The van der Waals surface area contributed by atoms with Crippen molar-refractivity contribution in [1.29, 1.82) is 0 Å².